The molecule has 2 aromatic heterocycles. The van der Waals surface area contributed by atoms with Crippen LogP contribution in [0.4, 0.5) is 4.39 Å². The van der Waals surface area contributed by atoms with Crippen LogP contribution >= 0.6 is 0 Å². The quantitative estimate of drug-likeness (QED) is 0.630. The fraction of sp³-hybridized carbons (Fsp3) is 0.435. The highest BCUT2D eigenvalue weighted by molar-refractivity contribution is 5.92. The van der Waals surface area contributed by atoms with Crippen LogP contribution in [-0.4, -0.2) is 38.7 Å². The summed E-state index contributed by atoms with van der Waals surface area (Å²) >= 11 is 0. The second-order valence-corrected chi connectivity index (χ2v) is 8.29. The zero-order valence-electron chi connectivity index (χ0n) is 17.6. The third-order valence-corrected chi connectivity index (χ3v) is 5.63. The molecule has 0 aliphatic carbocycles. The minimum Gasteiger partial charge on any atom is -0.445 e. The molecule has 30 heavy (non-hydrogen) atoms. The number of rotatable bonds is 5. The molecular weight excluding hydrogens is 383 g/mol. The topological polar surface area (TPSA) is 64.2 Å². The van der Waals surface area contributed by atoms with Gasteiger partial charge in [0.25, 0.3) is 5.91 Å². The number of likely N-dealkylation sites (tertiary alicyclic amines) is 1. The lowest BCUT2D eigenvalue weighted by atomic mass is 9.97. The van der Waals surface area contributed by atoms with E-state index in [9.17, 15) is 9.18 Å². The monoisotopic (exact) mass is 410 g/mol. The number of hydrogen-bond acceptors (Lipinski definition) is 4. The molecule has 0 bridgehead atoms. The van der Waals surface area contributed by atoms with E-state index in [2.05, 4.69) is 23.9 Å². The van der Waals surface area contributed by atoms with Crippen LogP contribution in [-0.2, 0) is 13.5 Å². The van der Waals surface area contributed by atoms with Crippen LogP contribution in [0.25, 0.3) is 0 Å². The molecule has 1 saturated heterocycles. The molecule has 1 amide bonds. The Labute approximate surface area is 175 Å². The largest absolute Gasteiger partial charge is 0.445 e. The number of oxazole rings is 1. The van der Waals surface area contributed by atoms with Gasteiger partial charge in [0.05, 0.1) is 17.8 Å². The van der Waals surface area contributed by atoms with Crippen molar-refractivity contribution >= 4 is 5.91 Å². The van der Waals surface area contributed by atoms with E-state index in [0.29, 0.717) is 24.6 Å². The van der Waals surface area contributed by atoms with Crippen LogP contribution in [0, 0.1) is 5.82 Å². The van der Waals surface area contributed by atoms with Crippen molar-refractivity contribution in [3.8, 4) is 0 Å². The van der Waals surface area contributed by atoms with Crippen molar-refractivity contribution in [3.05, 3.63) is 70.9 Å². The molecule has 1 atom stereocenters. The summed E-state index contributed by atoms with van der Waals surface area (Å²) in [4.78, 5) is 19.4. The van der Waals surface area contributed by atoms with Crippen molar-refractivity contribution in [1.29, 1.82) is 0 Å². The Bertz CT molecular complexity index is 1020. The van der Waals surface area contributed by atoms with Gasteiger partial charge in [0.15, 0.2) is 5.89 Å². The summed E-state index contributed by atoms with van der Waals surface area (Å²) in [5.74, 6) is 1.50. The van der Waals surface area contributed by atoms with Crippen molar-refractivity contribution in [2.45, 2.75) is 44.9 Å². The first-order chi connectivity index (χ1) is 14.4. The summed E-state index contributed by atoms with van der Waals surface area (Å²) in [5, 5.41) is 4.47. The zero-order chi connectivity index (χ0) is 21.3. The van der Waals surface area contributed by atoms with Crippen LogP contribution in [0.1, 0.15) is 71.9 Å². The number of benzene rings is 1. The maximum Gasteiger partial charge on any atom is 0.272 e. The van der Waals surface area contributed by atoms with Crippen LogP contribution in [0.2, 0.25) is 0 Å². The van der Waals surface area contributed by atoms with E-state index >= 15 is 0 Å². The highest BCUT2D eigenvalue weighted by atomic mass is 19.1. The summed E-state index contributed by atoms with van der Waals surface area (Å²) in [6.07, 6.45) is 4.13. The van der Waals surface area contributed by atoms with Crippen molar-refractivity contribution < 1.29 is 13.6 Å². The number of nitrogens with zero attached hydrogens (tertiary/aromatic N) is 4. The molecular formula is C23H27FN4O2. The first-order valence-electron chi connectivity index (χ1n) is 10.4. The van der Waals surface area contributed by atoms with Crippen LogP contribution in [0.5, 0.6) is 0 Å². The minimum absolute atomic E-state index is 0.000285. The van der Waals surface area contributed by atoms with E-state index in [4.69, 9.17) is 4.42 Å². The van der Waals surface area contributed by atoms with Crippen molar-refractivity contribution in [3.63, 3.8) is 0 Å². The van der Waals surface area contributed by atoms with Gasteiger partial charge in [-0.3, -0.25) is 9.48 Å². The van der Waals surface area contributed by atoms with E-state index in [1.165, 1.54) is 12.1 Å². The van der Waals surface area contributed by atoms with Crippen molar-refractivity contribution in [2.24, 2.45) is 7.05 Å². The standard InChI is InChI=1S/C23H27FN4O2/c1-15(2)20-12-21(27(3)26-20)23(29)28-10-4-5-17(14-28)22-25-13-19(30-22)11-16-6-8-18(24)9-7-16/h6-9,12-13,15,17H,4-5,10-11,14H2,1-3H3/t17-/m1/s1. The van der Waals surface area contributed by atoms with Crippen LogP contribution in [0.3, 0.4) is 0 Å². The summed E-state index contributed by atoms with van der Waals surface area (Å²) in [5.41, 5.74) is 2.51. The molecule has 3 aromatic rings. The average molecular weight is 410 g/mol. The third-order valence-electron chi connectivity index (χ3n) is 5.63. The normalized spacial score (nSPS) is 17.0. The van der Waals surface area contributed by atoms with Gasteiger partial charge in [-0.15, -0.1) is 0 Å². The molecule has 1 fully saturated rings. The fourth-order valence-electron chi connectivity index (χ4n) is 3.89. The second-order valence-electron chi connectivity index (χ2n) is 8.29. The van der Waals surface area contributed by atoms with Gasteiger partial charge >= 0.3 is 0 Å². The Kier molecular flexibility index (Phi) is 5.70. The summed E-state index contributed by atoms with van der Waals surface area (Å²) in [6.45, 7) is 5.44. The van der Waals surface area contributed by atoms with Gasteiger partial charge in [0.1, 0.15) is 17.3 Å². The fourth-order valence-corrected chi connectivity index (χ4v) is 3.89. The number of aryl methyl sites for hydroxylation is 1. The van der Waals surface area contributed by atoms with E-state index in [1.54, 1.807) is 23.0 Å². The molecule has 0 unspecified atom stereocenters. The Morgan fingerprint density at radius 3 is 2.77 bits per heavy atom. The maximum atomic E-state index is 13.1. The molecule has 0 radical (unpaired) electrons. The van der Waals surface area contributed by atoms with Crippen LogP contribution < -0.4 is 0 Å². The highest BCUT2D eigenvalue weighted by Gasteiger charge is 2.30. The first kappa shape index (κ1) is 20.3. The Morgan fingerprint density at radius 2 is 2.07 bits per heavy atom. The molecule has 158 valence electrons. The molecule has 0 N–H and O–H groups in total. The molecule has 6 nitrogen and oxygen atoms in total. The summed E-state index contributed by atoms with van der Waals surface area (Å²) in [6, 6.07) is 8.28. The van der Waals surface area contributed by atoms with Gasteiger partial charge in [-0.1, -0.05) is 26.0 Å². The van der Waals surface area contributed by atoms with Gasteiger partial charge in [-0.25, -0.2) is 9.37 Å². The lowest BCUT2D eigenvalue weighted by Gasteiger charge is -2.31. The predicted molar refractivity (Wildman–Crippen MR) is 111 cm³/mol. The minimum atomic E-state index is -0.252. The number of piperidine rings is 1. The molecule has 7 heteroatoms. The summed E-state index contributed by atoms with van der Waals surface area (Å²) in [7, 11) is 1.82. The van der Waals surface area contributed by atoms with E-state index in [0.717, 1.165) is 36.4 Å². The van der Waals surface area contributed by atoms with Gasteiger partial charge in [0, 0.05) is 26.6 Å². The zero-order valence-corrected chi connectivity index (χ0v) is 17.6. The number of hydrogen-bond donors (Lipinski definition) is 0. The van der Waals surface area contributed by atoms with Crippen LogP contribution in [0.15, 0.2) is 40.9 Å². The third kappa shape index (κ3) is 4.30. The Morgan fingerprint density at radius 1 is 1.30 bits per heavy atom. The smallest absolute Gasteiger partial charge is 0.272 e. The molecule has 0 saturated carbocycles. The number of halogens is 1. The number of amides is 1. The first-order valence-corrected chi connectivity index (χ1v) is 10.4. The maximum absolute atomic E-state index is 13.1. The second kappa shape index (κ2) is 8.42. The summed E-state index contributed by atoms with van der Waals surface area (Å²) < 4.78 is 20.8. The highest BCUT2D eigenvalue weighted by Crippen LogP contribution is 2.28. The van der Waals surface area contributed by atoms with Crippen molar-refractivity contribution in [1.82, 2.24) is 19.7 Å². The molecule has 1 aliphatic heterocycles. The molecule has 0 spiro atoms. The van der Waals surface area contributed by atoms with Crippen molar-refractivity contribution in [2.75, 3.05) is 13.1 Å². The van der Waals surface area contributed by atoms with E-state index in [1.807, 2.05) is 18.0 Å². The Hall–Kier alpha value is -2.96. The molecule has 1 aliphatic rings. The predicted octanol–water partition coefficient (Wildman–Crippen LogP) is 4.28. The van der Waals surface area contributed by atoms with Gasteiger partial charge in [-0.2, -0.15) is 5.10 Å². The van der Waals surface area contributed by atoms with E-state index in [-0.39, 0.29) is 23.6 Å². The number of carbonyl (C=O) groups excluding carboxylic acids is 1. The Balaban J connectivity index is 1.44. The van der Waals surface area contributed by atoms with Gasteiger partial charge < -0.3 is 9.32 Å². The molecule has 3 heterocycles. The van der Waals surface area contributed by atoms with Gasteiger partial charge in [0.2, 0.25) is 0 Å². The molecule has 1 aromatic carbocycles. The van der Waals surface area contributed by atoms with E-state index < -0.39 is 0 Å². The lowest BCUT2D eigenvalue weighted by Crippen LogP contribution is -2.40. The number of carbonyl (C=O) groups is 1. The SMILES string of the molecule is CC(C)c1cc(C(=O)N2CCC[C@@H](c3ncc(Cc4ccc(F)cc4)o3)C2)n(C)n1. The lowest BCUT2D eigenvalue weighted by molar-refractivity contribution is 0.0686. The number of aromatic nitrogens is 3. The van der Waals surface area contributed by atoms with Gasteiger partial charge in [-0.05, 0) is 42.5 Å². The average Bonchev–Trinajstić information content (AvgIpc) is 3.36. The molecule has 4 rings (SSSR count).